The van der Waals surface area contributed by atoms with E-state index in [0.717, 1.165) is 25.0 Å². The van der Waals surface area contributed by atoms with Crippen molar-refractivity contribution in [1.29, 1.82) is 5.26 Å². The maximum absolute atomic E-state index is 9.47. The monoisotopic (exact) mass is 288 g/mol. The van der Waals surface area contributed by atoms with Crippen molar-refractivity contribution in [1.82, 2.24) is 5.32 Å². The average molecular weight is 288 g/mol. The first kappa shape index (κ1) is 17.5. The molecule has 0 fully saturated rings. The molecule has 1 unspecified atom stereocenters. The van der Waals surface area contributed by atoms with Gasteiger partial charge in [0, 0.05) is 6.04 Å². The number of nitrogens with one attached hydrogen (secondary N) is 1. The molecule has 0 bridgehead atoms. The van der Waals surface area contributed by atoms with E-state index in [1.807, 2.05) is 12.1 Å². The zero-order valence-electron chi connectivity index (χ0n) is 14.0. The average Bonchev–Trinajstić information content (AvgIpc) is 2.46. The standard InChI is InChI=1S/C18H28N2O/c1-6-18(13-19,20-14(2)3)11-8-12-21-17-10-7-9-15(4)16(17)5/h7,9-10,14,20H,6,8,11-12H2,1-5H3. The van der Waals surface area contributed by atoms with Crippen LogP contribution in [0.25, 0.3) is 0 Å². The van der Waals surface area contributed by atoms with E-state index in [4.69, 9.17) is 4.74 Å². The Morgan fingerprint density at radius 1 is 1.33 bits per heavy atom. The highest BCUT2D eigenvalue weighted by Crippen LogP contribution is 2.22. The van der Waals surface area contributed by atoms with Gasteiger partial charge in [-0.3, -0.25) is 5.32 Å². The van der Waals surface area contributed by atoms with Gasteiger partial charge in [0.2, 0.25) is 0 Å². The molecule has 1 atom stereocenters. The lowest BCUT2D eigenvalue weighted by atomic mass is 9.91. The van der Waals surface area contributed by atoms with E-state index in [1.54, 1.807) is 0 Å². The van der Waals surface area contributed by atoms with Crippen LogP contribution in [-0.2, 0) is 0 Å². The minimum Gasteiger partial charge on any atom is -0.493 e. The van der Waals surface area contributed by atoms with Crippen LogP contribution in [0, 0.1) is 25.2 Å². The van der Waals surface area contributed by atoms with Crippen molar-refractivity contribution in [2.24, 2.45) is 0 Å². The minimum absolute atomic E-state index is 0.310. The smallest absolute Gasteiger partial charge is 0.122 e. The molecule has 0 aliphatic heterocycles. The molecule has 0 aliphatic rings. The van der Waals surface area contributed by atoms with E-state index < -0.39 is 5.54 Å². The zero-order chi connectivity index (χ0) is 15.9. The van der Waals surface area contributed by atoms with Crippen LogP contribution < -0.4 is 10.1 Å². The molecule has 21 heavy (non-hydrogen) atoms. The molecule has 0 aliphatic carbocycles. The summed E-state index contributed by atoms with van der Waals surface area (Å²) in [4.78, 5) is 0. The lowest BCUT2D eigenvalue weighted by Crippen LogP contribution is -2.47. The first-order chi connectivity index (χ1) is 9.94. The second kappa shape index (κ2) is 8.05. The topological polar surface area (TPSA) is 45.0 Å². The van der Waals surface area contributed by atoms with Crippen LogP contribution in [0.1, 0.15) is 51.2 Å². The fourth-order valence-corrected chi connectivity index (χ4v) is 2.51. The Labute approximate surface area is 129 Å². The Kier molecular flexibility index (Phi) is 6.71. The van der Waals surface area contributed by atoms with Crippen molar-refractivity contribution in [2.75, 3.05) is 6.61 Å². The van der Waals surface area contributed by atoms with Gasteiger partial charge in [-0.05, 0) is 64.2 Å². The summed E-state index contributed by atoms with van der Waals surface area (Å²) in [6.45, 7) is 11.0. The first-order valence-corrected chi connectivity index (χ1v) is 7.82. The Morgan fingerprint density at radius 2 is 2.05 bits per heavy atom. The summed E-state index contributed by atoms with van der Waals surface area (Å²) in [5.74, 6) is 0.950. The van der Waals surface area contributed by atoms with Gasteiger partial charge >= 0.3 is 0 Å². The molecule has 0 radical (unpaired) electrons. The molecular weight excluding hydrogens is 260 g/mol. The quantitative estimate of drug-likeness (QED) is 0.731. The zero-order valence-corrected chi connectivity index (χ0v) is 14.0. The lowest BCUT2D eigenvalue weighted by molar-refractivity contribution is 0.267. The fourth-order valence-electron chi connectivity index (χ4n) is 2.51. The van der Waals surface area contributed by atoms with Crippen LogP contribution in [0.15, 0.2) is 18.2 Å². The summed E-state index contributed by atoms with van der Waals surface area (Å²) in [6.07, 6.45) is 2.49. The minimum atomic E-state index is -0.431. The highest BCUT2D eigenvalue weighted by Gasteiger charge is 2.27. The highest BCUT2D eigenvalue weighted by atomic mass is 16.5. The lowest BCUT2D eigenvalue weighted by Gasteiger charge is -2.29. The van der Waals surface area contributed by atoms with Crippen molar-refractivity contribution < 1.29 is 4.74 Å². The maximum Gasteiger partial charge on any atom is 0.122 e. The second-order valence-electron chi connectivity index (χ2n) is 6.00. The number of hydrogen-bond donors (Lipinski definition) is 1. The van der Waals surface area contributed by atoms with E-state index in [0.29, 0.717) is 12.6 Å². The molecule has 0 saturated heterocycles. The molecule has 1 aromatic rings. The molecule has 0 heterocycles. The number of rotatable bonds is 8. The Bertz CT molecular complexity index is 490. The molecule has 0 aromatic heterocycles. The molecule has 0 saturated carbocycles. The predicted octanol–water partition coefficient (Wildman–Crippen LogP) is 4.13. The van der Waals surface area contributed by atoms with Gasteiger partial charge in [0.05, 0.1) is 12.7 Å². The Morgan fingerprint density at radius 3 is 2.62 bits per heavy atom. The Hall–Kier alpha value is -1.53. The summed E-state index contributed by atoms with van der Waals surface area (Å²) in [7, 11) is 0. The molecule has 116 valence electrons. The predicted molar refractivity (Wildman–Crippen MR) is 87.6 cm³/mol. The molecule has 0 spiro atoms. The van der Waals surface area contributed by atoms with Crippen molar-refractivity contribution in [3.63, 3.8) is 0 Å². The van der Waals surface area contributed by atoms with E-state index in [2.05, 4.69) is 52.1 Å². The van der Waals surface area contributed by atoms with E-state index in [9.17, 15) is 5.26 Å². The van der Waals surface area contributed by atoms with Crippen molar-refractivity contribution in [3.8, 4) is 11.8 Å². The van der Waals surface area contributed by atoms with E-state index in [1.165, 1.54) is 11.1 Å². The summed E-state index contributed by atoms with van der Waals surface area (Å²) >= 11 is 0. The number of nitrogens with zero attached hydrogens (tertiary/aromatic N) is 1. The fraction of sp³-hybridized carbons (Fsp3) is 0.611. The van der Waals surface area contributed by atoms with Crippen molar-refractivity contribution in [2.45, 2.75) is 65.5 Å². The molecule has 0 amide bonds. The van der Waals surface area contributed by atoms with Crippen LogP contribution in [-0.4, -0.2) is 18.2 Å². The molecule has 3 nitrogen and oxygen atoms in total. The summed E-state index contributed by atoms with van der Waals surface area (Å²) in [6, 6.07) is 8.87. The summed E-state index contributed by atoms with van der Waals surface area (Å²) in [5, 5.41) is 12.9. The molecule has 1 N–H and O–H groups in total. The van der Waals surface area contributed by atoms with Crippen LogP contribution >= 0.6 is 0 Å². The number of ether oxygens (including phenoxy) is 1. The number of benzene rings is 1. The third kappa shape index (κ3) is 5.06. The summed E-state index contributed by atoms with van der Waals surface area (Å²) < 4.78 is 5.87. The number of nitriles is 1. The molecule has 3 heteroatoms. The van der Waals surface area contributed by atoms with Crippen LogP contribution in [0.2, 0.25) is 0 Å². The van der Waals surface area contributed by atoms with Gasteiger partial charge in [0.15, 0.2) is 0 Å². The second-order valence-corrected chi connectivity index (χ2v) is 6.00. The van der Waals surface area contributed by atoms with Gasteiger partial charge in [-0.25, -0.2) is 0 Å². The van der Waals surface area contributed by atoms with Gasteiger partial charge in [-0.1, -0.05) is 19.1 Å². The van der Waals surface area contributed by atoms with Crippen LogP contribution in [0.4, 0.5) is 0 Å². The van der Waals surface area contributed by atoms with E-state index in [-0.39, 0.29) is 0 Å². The Balaban J connectivity index is 2.52. The third-order valence-corrected chi connectivity index (χ3v) is 3.94. The summed E-state index contributed by atoms with van der Waals surface area (Å²) in [5.41, 5.74) is 2.01. The SMILES string of the molecule is CCC(C#N)(CCCOc1cccc(C)c1C)NC(C)C. The molecule has 1 rings (SSSR count). The van der Waals surface area contributed by atoms with Crippen LogP contribution in [0.5, 0.6) is 5.75 Å². The molecule has 1 aromatic carbocycles. The van der Waals surface area contributed by atoms with Crippen molar-refractivity contribution in [3.05, 3.63) is 29.3 Å². The van der Waals surface area contributed by atoms with Gasteiger partial charge in [0.1, 0.15) is 11.3 Å². The first-order valence-electron chi connectivity index (χ1n) is 7.82. The largest absolute Gasteiger partial charge is 0.493 e. The van der Waals surface area contributed by atoms with Gasteiger partial charge < -0.3 is 4.74 Å². The third-order valence-electron chi connectivity index (χ3n) is 3.94. The van der Waals surface area contributed by atoms with Crippen LogP contribution in [0.3, 0.4) is 0 Å². The van der Waals surface area contributed by atoms with Crippen molar-refractivity contribution >= 4 is 0 Å². The number of aryl methyl sites for hydroxylation is 1. The molecular formula is C18H28N2O. The van der Waals surface area contributed by atoms with E-state index >= 15 is 0 Å². The number of hydrogen-bond acceptors (Lipinski definition) is 3. The van der Waals surface area contributed by atoms with Gasteiger partial charge in [-0.15, -0.1) is 0 Å². The highest BCUT2D eigenvalue weighted by molar-refractivity contribution is 5.38. The van der Waals surface area contributed by atoms with Gasteiger partial charge in [-0.2, -0.15) is 5.26 Å². The normalized spacial score (nSPS) is 13.8. The maximum atomic E-state index is 9.47. The van der Waals surface area contributed by atoms with Gasteiger partial charge in [0.25, 0.3) is 0 Å².